The molecule has 4 unspecified atom stereocenters. The Hall–Kier alpha value is -4.08. The zero-order valence-corrected chi connectivity index (χ0v) is 27.3. The predicted molar refractivity (Wildman–Crippen MR) is 177 cm³/mol. The van der Waals surface area contributed by atoms with Crippen molar-refractivity contribution in [2.45, 2.75) is 82.8 Å². The van der Waals surface area contributed by atoms with Gasteiger partial charge in [-0.3, -0.25) is 24.6 Å². The molecular weight excluding hydrogens is 582 g/mol. The highest BCUT2D eigenvalue weighted by molar-refractivity contribution is 5.84. The molecule has 46 heavy (non-hydrogen) atoms. The van der Waals surface area contributed by atoms with Crippen molar-refractivity contribution < 1.29 is 24.7 Å². The lowest BCUT2D eigenvalue weighted by molar-refractivity contribution is -0.385. The molecule has 2 heterocycles. The minimum atomic E-state index is -1.61. The molecule has 3 aromatic carbocycles. The number of non-ortho nitro benzene ring substituents is 1. The van der Waals surface area contributed by atoms with Gasteiger partial charge in [-0.1, -0.05) is 72.8 Å². The van der Waals surface area contributed by atoms with Gasteiger partial charge in [0.1, 0.15) is 0 Å². The number of nitro benzene ring substituents is 1. The van der Waals surface area contributed by atoms with Crippen molar-refractivity contribution in [3.05, 3.63) is 112 Å². The van der Waals surface area contributed by atoms with Crippen molar-refractivity contribution in [2.24, 2.45) is 10.8 Å². The van der Waals surface area contributed by atoms with E-state index in [0.29, 0.717) is 18.7 Å². The smallest absolute Gasteiger partial charge is 0.311 e. The minimum Gasteiger partial charge on any atom is -0.481 e. The van der Waals surface area contributed by atoms with Gasteiger partial charge in [0.05, 0.1) is 15.8 Å². The van der Waals surface area contributed by atoms with E-state index in [1.807, 2.05) is 26.0 Å². The van der Waals surface area contributed by atoms with E-state index in [4.69, 9.17) is 0 Å². The second-order valence-corrected chi connectivity index (χ2v) is 14.1. The molecule has 2 fully saturated rings. The largest absolute Gasteiger partial charge is 0.481 e. The SMILES string of the molecule is CC1NC(C)C(CC(C)(C)N2CCC(c3ccccc3)(c3ccccc3)CC2)(C(=O)O)[C@H](c2cccc([N+](=O)[O-])c2)C1(C)C(=O)O. The molecule has 5 rings (SSSR count). The third kappa shape index (κ3) is 5.39. The zero-order chi connectivity index (χ0) is 33.5. The number of carboxylic acid groups (broad SMARTS) is 2. The molecule has 5 atom stereocenters. The highest BCUT2D eigenvalue weighted by atomic mass is 16.6. The number of piperidine rings is 2. The topological polar surface area (TPSA) is 133 Å². The van der Waals surface area contributed by atoms with Gasteiger partial charge in [0, 0.05) is 41.1 Å². The van der Waals surface area contributed by atoms with Crippen molar-refractivity contribution in [3.63, 3.8) is 0 Å². The first kappa shape index (κ1) is 33.3. The number of hydrogen-bond donors (Lipinski definition) is 3. The molecule has 0 amide bonds. The highest BCUT2D eigenvalue weighted by Gasteiger charge is 2.66. The summed E-state index contributed by atoms with van der Waals surface area (Å²) in [4.78, 5) is 40.5. The van der Waals surface area contributed by atoms with E-state index in [0.717, 1.165) is 12.8 Å². The number of nitrogens with zero attached hydrogens (tertiary/aromatic N) is 2. The fourth-order valence-electron chi connectivity index (χ4n) is 8.72. The van der Waals surface area contributed by atoms with Gasteiger partial charge in [0.15, 0.2) is 0 Å². The van der Waals surface area contributed by atoms with Crippen molar-refractivity contribution >= 4 is 17.6 Å². The molecule has 2 saturated heterocycles. The number of hydrogen-bond acceptors (Lipinski definition) is 6. The van der Waals surface area contributed by atoms with Crippen LogP contribution in [0.15, 0.2) is 84.9 Å². The third-order valence-corrected chi connectivity index (χ3v) is 11.4. The lowest BCUT2D eigenvalue weighted by Gasteiger charge is -2.59. The number of carboxylic acids is 2. The van der Waals surface area contributed by atoms with E-state index < -0.39 is 51.2 Å². The van der Waals surface area contributed by atoms with Crippen molar-refractivity contribution in [3.8, 4) is 0 Å². The summed E-state index contributed by atoms with van der Waals surface area (Å²) >= 11 is 0. The molecule has 0 aliphatic carbocycles. The first-order chi connectivity index (χ1) is 21.7. The van der Waals surface area contributed by atoms with Crippen LogP contribution < -0.4 is 5.32 Å². The average Bonchev–Trinajstić information content (AvgIpc) is 3.04. The van der Waals surface area contributed by atoms with E-state index in [1.165, 1.54) is 29.3 Å². The second kappa shape index (κ2) is 12.3. The molecular formula is C37H45N3O6. The molecule has 244 valence electrons. The summed E-state index contributed by atoms with van der Waals surface area (Å²) in [7, 11) is 0. The minimum absolute atomic E-state index is 0.135. The zero-order valence-electron chi connectivity index (χ0n) is 27.3. The maximum Gasteiger partial charge on any atom is 0.311 e. The predicted octanol–water partition coefficient (Wildman–Crippen LogP) is 6.47. The van der Waals surface area contributed by atoms with Gasteiger partial charge in [-0.2, -0.15) is 0 Å². The number of carbonyl (C=O) groups is 2. The monoisotopic (exact) mass is 627 g/mol. The van der Waals surface area contributed by atoms with Gasteiger partial charge >= 0.3 is 11.9 Å². The van der Waals surface area contributed by atoms with Crippen LogP contribution in [-0.4, -0.2) is 62.7 Å². The average molecular weight is 628 g/mol. The van der Waals surface area contributed by atoms with Gasteiger partial charge < -0.3 is 15.5 Å². The molecule has 2 aliphatic rings. The number of aliphatic carboxylic acids is 2. The van der Waals surface area contributed by atoms with Crippen LogP contribution >= 0.6 is 0 Å². The van der Waals surface area contributed by atoms with Crippen LogP contribution in [0.2, 0.25) is 0 Å². The Morgan fingerprint density at radius 3 is 1.91 bits per heavy atom. The molecule has 9 nitrogen and oxygen atoms in total. The summed E-state index contributed by atoms with van der Waals surface area (Å²) in [6, 6.07) is 25.7. The van der Waals surface area contributed by atoms with Crippen LogP contribution in [0.4, 0.5) is 5.69 Å². The second-order valence-electron chi connectivity index (χ2n) is 14.1. The van der Waals surface area contributed by atoms with Crippen molar-refractivity contribution in [1.29, 1.82) is 0 Å². The fraction of sp³-hybridized carbons (Fsp3) is 0.459. The van der Waals surface area contributed by atoms with Gasteiger partial charge in [-0.05, 0) is 83.7 Å². The van der Waals surface area contributed by atoms with Crippen molar-refractivity contribution in [2.75, 3.05) is 13.1 Å². The molecule has 3 N–H and O–H groups in total. The van der Waals surface area contributed by atoms with Gasteiger partial charge in [-0.25, -0.2) is 0 Å². The van der Waals surface area contributed by atoms with Crippen LogP contribution in [-0.2, 0) is 15.0 Å². The van der Waals surface area contributed by atoms with Gasteiger partial charge in [0.2, 0.25) is 0 Å². The summed E-state index contributed by atoms with van der Waals surface area (Å²) in [5.41, 5.74) is -1.38. The first-order valence-electron chi connectivity index (χ1n) is 16.0. The summed E-state index contributed by atoms with van der Waals surface area (Å²) in [6.45, 7) is 10.6. The summed E-state index contributed by atoms with van der Waals surface area (Å²) in [6.07, 6.45) is 1.79. The molecule has 2 aliphatic heterocycles. The number of benzene rings is 3. The number of nitrogens with one attached hydrogen (secondary N) is 1. The fourth-order valence-corrected chi connectivity index (χ4v) is 8.72. The van der Waals surface area contributed by atoms with E-state index in [9.17, 15) is 29.9 Å². The maximum atomic E-state index is 13.8. The number of likely N-dealkylation sites (tertiary alicyclic amines) is 1. The van der Waals surface area contributed by atoms with E-state index in [2.05, 4.69) is 58.7 Å². The Morgan fingerprint density at radius 2 is 1.43 bits per heavy atom. The van der Waals surface area contributed by atoms with E-state index >= 15 is 0 Å². The van der Waals surface area contributed by atoms with Crippen LogP contribution in [0.1, 0.15) is 76.5 Å². The summed E-state index contributed by atoms with van der Waals surface area (Å²) in [5, 5.41) is 37.1. The quantitative estimate of drug-likeness (QED) is 0.182. The summed E-state index contributed by atoms with van der Waals surface area (Å²) in [5.74, 6) is -3.32. The highest BCUT2D eigenvalue weighted by Crippen LogP contribution is 2.59. The molecule has 9 heteroatoms. The molecule has 0 aromatic heterocycles. The van der Waals surface area contributed by atoms with Gasteiger partial charge in [-0.15, -0.1) is 0 Å². The Balaban J connectivity index is 1.57. The number of rotatable bonds is 9. The molecule has 0 saturated carbocycles. The molecule has 0 radical (unpaired) electrons. The van der Waals surface area contributed by atoms with Crippen LogP contribution in [0.5, 0.6) is 0 Å². The summed E-state index contributed by atoms with van der Waals surface area (Å²) < 4.78 is 0. The van der Waals surface area contributed by atoms with Crippen molar-refractivity contribution in [1.82, 2.24) is 10.2 Å². The Bertz CT molecular complexity index is 1550. The van der Waals surface area contributed by atoms with E-state index in [1.54, 1.807) is 26.8 Å². The van der Waals surface area contributed by atoms with Crippen LogP contribution in [0, 0.1) is 20.9 Å². The van der Waals surface area contributed by atoms with E-state index in [-0.39, 0.29) is 17.5 Å². The molecule has 3 aromatic rings. The Labute approximate surface area is 270 Å². The molecule has 0 bridgehead atoms. The Morgan fingerprint density at radius 1 is 0.891 bits per heavy atom. The first-order valence-corrected chi connectivity index (χ1v) is 16.0. The van der Waals surface area contributed by atoms with Gasteiger partial charge in [0.25, 0.3) is 5.69 Å². The molecule has 0 spiro atoms. The third-order valence-electron chi connectivity index (χ3n) is 11.4. The Kier molecular flexibility index (Phi) is 8.87. The maximum absolute atomic E-state index is 13.8. The van der Waals surface area contributed by atoms with Crippen LogP contribution in [0.3, 0.4) is 0 Å². The standard InChI is InChI=1S/C37H45N3O6/c1-25-35(5,32(41)42)31(27-13-12-18-30(23-27)40(45)46)37(33(43)44,26(2)38-25)24-34(3,4)39-21-19-36(20-22-39,28-14-8-6-9-15-28)29-16-10-7-11-17-29/h6-18,23,25-26,31,38H,19-22,24H2,1-5H3,(H,41,42)(H,43,44)/t25?,26?,31-,35?,37?/m1/s1. The lowest BCUT2D eigenvalue weighted by Crippen LogP contribution is -2.70. The number of nitro groups is 1. The lowest BCUT2D eigenvalue weighted by atomic mass is 9.50. The normalized spacial score (nSPS) is 28.3. The van der Waals surface area contributed by atoms with Crippen LogP contribution in [0.25, 0.3) is 0 Å².